The van der Waals surface area contributed by atoms with E-state index in [1.54, 1.807) is 6.20 Å². The zero-order valence-electron chi connectivity index (χ0n) is 32.9. The van der Waals surface area contributed by atoms with Gasteiger partial charge >= 0.3 is 0 Å². The molecule has 0 unspecified atom stereocenters. The van der Waals surface area contributed by atoms with E-state index >= 15 is 0 Å². The number of amides is 2. The van der Waals surface area contributed by atoms with Crippen molar-refractivity contribution in [2.24, 2.45) is 11.8 Å². The molecule has 0 spiro atoms. The van der Waals surface area contributed by atoms with Gasteiger partial charge in [-0.25, -0.2) is 0 Å². The van der Waals surface area contributed by atoms with Crippen LogP contribution in [-0.2, 0) is 6.42 Å². The summed E-state index contributed by atoms with van der Waals surface area (Å²) in [6.45, 7) is 3.37. The quantitative estimate of drug-likeness (QED) is 0.0985. The lowest BCUT2D eigenvalue weighted by atomic mass is 9.78. The standard InChI is InChI=1S/C48H50Cl2N6O2/c1-30-22-37(18-20-52-30)33-6-2-32(3-7-33)26-56-48(58)44-29-54-45(46(44)36-12-16-40(50)17-13-36)24-41-23-38(19-21-53-41)34-8-4-31(5-9-34)25-55-47(57)43-28-51-27-42(43)35-10-14-39(49)15-11-35/h10-23,27-29,31-34,51,54H,2-9,24-26H2,1H3,(H,55,57)(H,56,58). The Bertz CT molecular complexity index is 2330. The van der Waals surface area contributed by atoms with Gasteiger partial charge < -0.3 is 20.6 Å². The van der Waals surface area contributed by atoms with Crippen LogP contribution >= 0.6 is 23.2 Å². The van der Waals surface area contributed by atoms with E-state index in [0.29, 0.717) is 64.4 Å². The molecule has 10 heteroatoms. The minimum Gasteiger partial charge on any atom is -0.366 e. The lowest BCUT2D eigenvalue weighted by Gasteiger charge is -2.29. The number of hydrogen-bond donors (Lipinski definition) is 4. The lowest BCUT2D eigenvalue weighted by molar-refractivity contribution is 0.0935. The topological polar surface area (TPSA) is 116 Å². The maximum Gasteiger partial charge on any atom is 0.253 e. The van der Waals surface area contributed by atoms with Crippen LogP contribution in [0.15, 0.2) is 104 Å². The van der Waals surface area contributed by atoms with Gasteiger partial charge in [0.2, 0.25) is 0 Å². The Morgan fingerprint density at radius 3 is 1.81 bits per heavy atom. The van der Waals surface area contributed by atoms with E-state index in [-0.39, 0.29) is 11.8 Å². The predicted octanol–water partition coefficient (Wildman–Crippen LogP) is 11.1. The van der Waals surface area contributed by atoms with Gasteiger partial charge in [0.05, 0.1) is 11.1 Å². The van der Waals surface area contributed by atoms with Crippen molar-refractivity contribution in [2.75, 3.05) is 13.1 Å². The fraction of sp³-hybridized carbons (Fsp3) is 0.333. The number of H-pyrrole nitrogens is 2. The summed E-state index contributed by atoms with van der Waals surface area (Å²) in [6, 6.07) is 24.0. The molecule has 6 aromatic rings. The molecule has 2 aliphatic rings. The molecule has 2 aromatic carbocycles. The zero-order chi connectivity index (χ0) is 40.0. The third-order valence-corrected chi connectivity index (χ3v) is 12.8. The smallest absolute Gasteiger partial charge is 0.253 e. The summed E-state index contributed by atoms with van der Waals surface area (Å²) < 4.78 is 0. The number of nitrogens with zero attached hydrogens (tertiary/aromatic N) is 2. The van der Waals surface area contributed by atoms with Gasteiger partial charge in [0, 0.05) is 88.7 Å². The Balaban J connectivity index is 0.877. The molecular weight excluding hydrogens is 763 g/mol. The van der Waals surface area contributed by atoms with E-state index in [0.717, 1.165) is 90.7 Å². The molecule has 2 fully saturated rings. The van der Waals surface area contributed by atoms with Crippen LogP contribution in [0.2, 0.25) is 10.0 Å². The molecule has 0 bridgehead atoms. The van der Waals surface area contributed by atoms with Crippen molar-refractivity contribution in [1.82, 2.24) is 30.6 Å². The first-order chi connectivity index (χ1) is 28.3. The molecular formula is C48H50Cl2N6O2. The van der Waals surface area contributed by atoms with E-state index in [1.165, 1.54) is 11.1 Å². The van der Waals surface area contributed by atoms with E-state index < -0.39 is 0 Å². The summed E-state index contributed by atoms with van der Waals surface area (Å²) >= 11 is 12.4. The molecule has 2 aliphatic carbocycles. The number of aryl methyl sites for hydroxylation is 1. The molecule has 0 radical (unpaired) electrons. The third-order valence-electron chi connectivity index (χ3n) is 12.3. The van der Waals surface area contributed by atoms with Crippen LogP contribution in [0.5, 0.6) is 0 Å². The lowest BCUT2D eigenvalue weighted by Crippen LogP contribution is -2.31. The summed E-state index contributed by atoms with van der Waals surface area (Å²) in [5, 5.41) is 7.80. The monoisotopic (exact) mass is 812 g/mol. The number of nitrogens with one attached hydrogen (secondary N) is 4. The van der Waals surface area contributed by atoms with Crippen LogP contribution < -0.4 is 10.6 Å². The normalized spacial score (nSPS) is 19.4. The first-order valence-electron chi connectivity index (χ1n) is 20.6. The number of benzene rings is 2. The average Bonchev–Trinajstić information content (AvgIpc) is 3.91. The summed E-state index contributed by atoms with van der Waals surface area (Å²) in [5.74, 6) is 1.75. The Labute approximate surface area is 350 Å². The van der Waals surface area contributed by atoms with Crippen LogP contribution in [0.1, 0.15) is 112 Å². The maximum absolute atomic E-state index is 13.8. The molecule has 8 nitrogen and oxygen atoms in total. The Hall–Kier alpha value is -5.18. The van der Waals surface area contributed by atoms with Gasteiger partial charge in [-0.3, -0.25) is 19.6 Å². The molecule has 4 N–H and O–H groups in total. The SMILES string of the molecule is Cc1cc(C2CCC(CNC(=O)c3c[nH]c(Cc4cc(C5CCC(CNC(=O)c6c[nH]cc6-c6ccc(Cl)cc6)CC5)ccn4)c3-c3ccc(Cl)cc3)CC2)ccn1. The second-order valence-corrected chi connectivity index (χ2v) is 17.1. The number of pyridine rings is 2. The number of hydrogen-bond acceptors (Lipinski definition) is 4. The van der Waals surface area contributed by atoms with E-state index in [1.807, 2.05) is 80.2 Å². The fourth-order valence-electron chi connectivity index (χ4n) is 9.07. The maximum atomic E-state index is 13.8. The van der Waals surface area contributed by atoms with Crippen LogP contribution in [0.3, 0.4) is 0 Å². The largest absolute Gasteiger partial charge is 0.366 e. The van der Waals surface area contributed by atoms with Crippen molar-refractivity contribution in [1.29, 1.82) is 0 Å². The van der Waals surface area contributed by atoms with Crippen molar-refractivity contribution in [3.8, 4) is 22.3 Å². The number of rotatable bonds is 12. The highest BCUT2D eigenvalue weighted by Gasteiger charge is 2.27. The number of carbonyl (C=O) groups excluding carboxylic acids is 2. The molecule has 2 amide bonds. The summed E-state index contributed by atoms with van der Waals surface area (Å²) in [7, 11) is 0. The average molecular weight is 814 g/mol. The second kappa shape index (κ2) is 18.2. The number of halogens is 2. The summed E-state index contributed by atoms with van der Waals surface area (Å²) in [6.07, 6.45) is 18.5. The van der Waals surface area contributed by atoms with Gasteiger partial charge in [-0.1, -0.05) is 47.5 Å². The highest BCUT2D eigenvalue weighted by atomic mass is 35.5. The predicted molar refractivity (Wildman–Crippen MR) is 233 cm³/mol. The summed E-state index contributed by atoms with van der Waals surface area (Å²) in [4.78, 5) is 42.7. The van der Waals surface area contributed by atoms with Crippen molar-refractivity contribution >= 4 is 35.0 Å². The van der Waals surface area contributed by atoms with Gasteiger partial charge in [-0.15, -0.1) is 0 Å². The Morgan fingerprint density at radius 2 is 1.21 bits per heavy atom. The van der Waals surface area contributed by atoms with E-state index in [9.17, 15) is 9.59 Å². The molecule has 4 heterocycles. The molecule has 0 aliphatic heterocycles. The molecule has 4 aromatic heterocycles. The molecule has 0 saturated heterocycles. The molecule has 8 rings (SSSR count). The van der Waals surface area contributed by atoms with Gasteiger partial charge in [0.1, 0.15) is 0 Å². The van der Waals surface area contributed by atoms with Gasteiger partial charge in [-0.2, -0.15) is 0 Å². The van der Waals surface area contributed by atoms with E-state index in [4.69, 9.17) is 28.2 Å². The van der Waals surface area contributed by atoms with Crippen LogP contribution in [0.4, 0.5) is 0 Å². The first-order valence-corrected chi connectivity index (χ1v) is 21.4. The third kappa shape index (κ3) is 9.40. The van der Waals surface area contributed by atoms with Crippen LogP contribution in [0, 0.1) is 18.8 Å². The molecule has 0 atom stereocenters. The van der Waals surface area contributed by atoms with Gasteiger partial charge in [-0.05, 0) is 153 Å². The van der Waals surface area contributed by atoms with Crippen molar-refractivity contribution in [2.45, 2.75) is 76.5 Å². The second-order valence-electron chi connectivity index (χ2n) is 16.2. The highest BCUT2D eigenvalue weighted by Crippen LogP contribution is 2.38. The fourth-order valence-corrected chi connectivity index (χ4v) is 9.32. The molecule has 298 valence electrons. The minimum absolute atomic E-state index is 0.0650. The van der Waals surface area contributed by atoms with Gasteiger partial charge in [0.15, 0.2) is 0 Å². The first kappa shape index (κ1) is 39.6. The Morgan fingerprint density at radius 1 is 0.655 bits per heavy atom. The van der Waals surface area contributed by atoms with E-state index in [2.05, 4.69) is 49.9 Å². The van der Waals surface area contributed by atoms with Crippen molar-refractivity contribution in [3.05, 3.63) is 153 Å². The van der Waals surface area contributed by atoms with Crippen molar-refractivity contribution < 1.29 is 9.59 Å². The molecule has 2 saturated carbocycles. The van der Waals surface area contributed by atoms with Crippen molar-refractivity contribution in [3.63, 3.8) is 0 Å². The minimum atomic E-state index is -0.0657. The number of aromatic amines is 2. The van der Waals surface area contributed by atoms with Gasteiger partial charge in [0.25, 0.3) is 11.8 Å². The Kier molecular flexibility index (Phi) is 12.4. The van der Waals surface area contributed by atoms with Crippen LogP contribution in [-0.4, -0.2) is 44.8 Å². The number of aromatic nitrogens is 4. The summed E-state index contributed by atoms with van der Waals surface area (Å²) in [5.41, 5.74) is 10.6. The molecule has 58 heavy (non-hydrogen) atoms. The number of carbonyl (C=O) groups is 2. The zero-order valence-corrected chi connectivity index (χ0v) is 34.4. The van der Waals surface area contributed by atoms with Crippen LogP contribution in [0.25, 0.3) is 22.3 Å². The highest BCUT2D eigenvalue weighted by molar-refractivity contribution is 6.31.